The second-order valence-corrected chi connectivity index (χ2v) is 11.5. The molecule has 1 atom stereocenters. The van der Waals surface area contributed by atoms with Gasteiger partial charge in [-0.3, -0.25) is 4.79 Å². The number of piperidine rings is 1. The maximum absolute atomic E-state index is 13.1. The lowest BCUT2D eigenvalue weighted by Gasteiger charge is -2.26. The van der Waals surface area contributed by atoms with Gasteiger partial charge in [0.1, 0.15) is 0 Å². The number of H-pyrrole nitrogens is 1. The van der Waals surface area contributed by atoms with E-state index >= 15 is 0 Å². The minimum absolute atomic E-state index is 0.0136. The predicted molar refractivity (Wildman–Crippen MR) is 136 cm³/mol. The third kappa shape index (κ3) is 4.53. The largest absolute Gasteiger partial charge is 0.361 e. The highest BCUT2D eigenvalue weighted by Crippen LogP contribution is 2.33. The average molecular weight is 494 g/mol. The van der Waals surface area contributed by atoms with Gasteiger partial charge in [0.05, 0.1) is 4.90 Å². The second-order valence-electron chi connectivity index (χ2n) is 8.56. The monoisotopic (exact) mass is 493 g/mol. The SMILES string of the molecule is O=C(NC[C@H](c1cccs1)c1c[nH]c2ccccc12)c1cccc(S(=O)(=O)N2CCCCC2)c1. The van der Waals surface area contributed by atoms with Crippen LogP contribution in [0.1, 0.15) is 46.0 Å². The molecule has 8 heteroatoms. The molecule has 5 rings (SSSR count). The number of carbonyl (C=O) groups is 1. The van der Waals surface area contributed by atoms with Crippen LogP contribution in [-0.2, 0) is 10.0 Å². The highest BCUT2D eigenvalue weighted by molar-refractivity contribution is 7.89. The zero-order chi connectivity index (χ0) is 23.5. The van der Waals surface area contributed by atoms with Crippen LogP contribution < -0.4 is 5.32 Å². The van der Waals surface area contributed by atoms with Crippen LogP contribution in [0.5, 0.6) is 0 Å². The highest BCUT2D eigenvalue weighted by atomic mass is 32.2. The van der Waals surface area contributed by atoms with Gasteiger partial charge in [-0.05, 0) is 54.1 Å². The average Bonchev–Trinajstić information content (AvgIpc) is 3.56. The van der Waals surface area contributed by atoms with Crippen molar-refractivity contribution in [2.75, 3.05) is 19.6 Å². The summed E-state index contributed by atoms with van der Waals surface area (Å²) in [5.41, 5.74) is 2.53. The number of para-hydroxylation sites is 1. The van der Waals surface area contributed by atoms with E-state index in [2.05, 4.69) is 22.4 Å². The van der Waals surface area contributed by atoms with Crippen molar-refractivity contribution in [2.24, 2.45) is 0 Å². The number of thiophene rings is 1. The number of nitrogens with one attached hydrogen (secondary N) is 2. The first-order valence-electron chi connectivity index (χ1n) is 11.5. The number of benzene rings is 2. The third-order valence-electron chi connectivity index (χ3n) is 6.40. The molecule has 6 nitrogen and oxygen atoms in total. The molecular formula is C26H27N3O3S2. The number of hydrogen-bond donors (Lipinski definition) is 2. The molecule has 1 aliphatic rings. The van der Waals surface area contributed by atoms with Crippen molar-refractivity contribution in [1.29, 1.82) is 0 Å². The minimum atomic E-state index is -3.59. The molecule has 0 unspecified atom stereocenters. The van der Waals surface area contributed by atoms with Crippen LogP contribution in [0.15, 0.2) is 77.1 Å². The van der Waals surface area contributed by atoms with E-state index in [1.807, 2.05) is 35.8 Å². The lowest BCUT2D eigenvalue weighted by atomic mass is 9.96. The van der Waals surface area contributed by atoms with Gasteiger partial charge >= 0.3 is 0 Å². The van der Waals surface area contributed by atoms with Crippen LogP contribution >= 0.6 is 11.3 Å². The Kier molecular flexibility index (Phi) is 6.54. The number of sulfonamides is 1. The van der Waals surface area contributed by atoms with E-state index in [4.69, 9.17) is 0 Å². The summed E-state index contributed by atoms with van der Waals surface area (Å²) in [6.07, 6.45) is 4.80. The molecule has 1 fully saturated rings. The lowest BCUT2D eigenvalue weighted by molar-refractivity contribution is 0.0952. The Bertz CT molecular complexity index is 1390. The number of carbonyl (C=O) groups excluding carboxylic acids is 1. The van der Waals surface area contributed by atoms with Gasteiger partial charge < -0.3 is 10.3 Å². The van der Waals surface area contributed by atoms with Gasteiger partial charge in [0.15, 0.2) is 0 Å². The maximum Gasteiger partial charge on any atom is 0.251 e. The molecule has 176 valence electrons. The van der Waals surface area contributed by atoms with E-state index in [1.165, 1.54) is 10.4 Å². The Hall–Kier alpha value is -2.94. The molecule has 1 aliphatic heterocycles. The molecule has 3 heterocycles. The smallest absolute Gasteiger partial charge is 0.251 e. The van der Waals surface area contributed by atoms with E-state index in [0.29, 0.717) is 25.2 Å². The molecule has 0 saturated carbocycles. The zero-order valence-corrected chi connectivity index (χ0v) is 20.4. The van der Waals surface area contributed by atoms with Gasteiger partial charge in [-0.1, -0.05) is 36.8 Å². The van der Waals surface area contributed by atoms with Crippen molar-refractivity contribution in [1.82, 2.24) is 14.6 Å². The van der Waals surface area contributed by atoms with E-state index in [9.17, 15) is 13.2 Å². The molecule has 1 amide bonds. The van der Waals surface area contributed by atoms with Gasteiger partial charge in [0.25, 0.3) is 5.91 Å². The normalized spacial score (nSPS) is 15.9. The van der Waals surface area contributed by atoms with Gasteiger partial charge in [-0.15, -0.1) is 11.3 Å². The third-order valence-corrected chi connectivity index (χ3v) is 9.28. The van der Waals surface area contributed by atoms with Crippen molar-refractivity contribution < 1.29 is 13.2 Å². The summed E-state index contributed by atoms with van der Waals surface area (Å²) in [4.78, 5) is 17.7. The van der Waals surface area contributed by atoms with Crippen LogP contribution in [-0.4, -0.2) is 43.2 Å². The summed E-state index contributed by atoms with van der Waals surface area (Å²) in [5, 5.41) is 6.21. The number of amides is 1. The number of hydrogen-bond acceptors (Lipinski definition) is 4. The summed E-state index contributed by atoms with van der Waals surface area (Å²) in [7, 11) is -3.59. The second kappa shape index (κ2) is 9.74. The molecule has 1 saturated heterocycles. The van der Waals surface area contributed by atoms with Crippen molar-refractivity contribution >= 4 is 38.2 Å². The molecule has 4 aromatic rings. The standard InChI is InChI=1S/C26H27N3O3S2/c30-26(19-8-6-9-20(16-19)34(31,32)29-13-4-1-5-14-29)28-18-23(25-12-7-15-33-25)22-17-27-24-11-3-2-10-21(22)24/h2-3,6-12,15-17,23,27H,1,4-5,13-14,18H2,(H,28,30)/t23-/m0/s1. The quantitative estimate of drug-likeness (QED) is 0.382. The zero-order valence-electron chi connectivity index (χ0n) is 18.7. The maximum atomic E-state index is 13.1. The highest BCUT2D eigenvalue weighted by Gasteiger charge is 2.27. The van der Waals surface area contributed by atoms with Gasteiger partial charge in [0, 0.05) is 53.1 Å². The van der Waals surface area contributed by atoms with Crippen LogP contribution in [0.2, 0.25) is 0 Å². The van der Waals surface area contributed by atoms with E-state index in [1.54, 1.807) is 29.5 Å². The van der Waals surface area contributed by atoms with Gasteiger partial charge in [-0.25, -0.2) is 8.42 Å². The predicted octanol–water partition coefficient (Wildman–Crippen LogP) is 4.97. The number of aromatic amines is 1. The van der Waals surface area contributed by atoms with Gasteiger partial charge in [-0.2, -0.15) is 4.31 Å². The fourth-order valence-electron chi connectivity index (χ4n) is 4.58. The van der Waals surface area contributed by atoms with Gasteiger partial charge in [0.2, 0.25) is 10.0 Å². The van der Waals surface area contributed by atoms with Crippen molar-refractivity contribution in [3.8, 4) is 0 Å². The Morgan fingerprint density at radius 2 is 1.85 bits per heavy atom. The summed E-state index contributed by atoms with van der Waals surface area (Å²) in [5.74, 6) is -0.294. The van der Waals surface area contributed by atoms with Crippen LogP contribution in [0.3, 0.4) is 0 Å². The molecular weight excluding hydrogens is 466 g/mol. The lowest BCUT2D eigenvalue weighted by Crippen LogP contribution is -2.35. The molecule has 2 aromatic carbocycles. The molecule has 2 aromatic heterocycles. The fraction of sp³-hybridized carbons (Fsp3) is 0.269. The molecule has 0 radical (unpaired) electrons. The Morgan fingerprint density at radius 1 is 1.03 bits per heavy atom. The number of rotatable bonds is 7. The van der Waals surface area contributed by atoms with Crippen LogP contribution in [0.25, 0.3) is 10.9 Å². The first-order valence-corrected chi connectivity index (χ1v) is 13.8. The topological polar surface area (TPSA) is 82.3 Å². The van der Waals surface area contributed by atoms with Crippen molar-refractivity contribution in [3.05, 3.63) is 88.2 Å². The fourth-order valence-corrected chi connectivity index (χ4v) is 6.99. The van der Waals surface area contributed by atoms with Crippen LogP contribution in [0, 0.1) is 0 Å². The minimum Gasteiger partial charge on any atom is -0.361 e. The molecule has 0 aliphatic carbocycles. The molecule has 2 N–H and O–H groups in total. The number of nitrogens with zero attached hydrogens (tertiary/aromatic N) is 1. The Labute approximate surface area is 203 Å². The van der Waals surface area contributed by atoms with Crippen molar-refractivity contribution in [2.45, 2.75) is 30.1 Å². The Balaban J connectivity index is 1.37. The molecule has 0 spiro atoms. The molecule has 34 heavy (non-hydrogen) atoms. The molecule has 0 bridgehead atoms. The van der Waals surface area contributed by atoms with Crippen molar-refractivity contribution in [3.63, 3.8) is 0 Å². The van der Waals surface area contributed by atoms with E-state index < -0.39 is 10.0 Å². The number of fused-ring (bicyclic) bond motifs is 1. The first kappa shape index (κ1) is 22.8. The summed E-state index contributed by atoms with van der Waals surface area (Å²) < 4.78 is 27.6. The van der Waals surface area contributed by atoms with E-state index in [-0.39, 0.29) is 16.7 Å². The van der Waals surface area contributed by atoms with Crippen LogP contribution in [0.4, 0.5) is 0 Å². The summed E-state index contributed by atoms with van der Waals surface area (Å²) in [6.45, 7) is 1.47. The number of aromatic nitrogens is 1. The summed E-state index contributed by atoms with van der Waals surface area (Å²) >= 11 is 1.66. The van der Waals surface area contributed by atoms with E-state index in [0.717, 1.165) is 40.6 Å². The first-order chi connectivity index (χ1) is 16.5. The summed E-state index contributed by atoms with van der Waals surface area (Å²) in [6, 6.07) is 18.6. The Morgan fingerprint density at radius 3 is 2.65 bits per heavy atom.